The monoisotopic (exact) mass is 229 g/mol. The van der Waals surface area contributed by atoms with E-state index in [2.05, 4.69) is 22.2 Å². The summed E-state index contributed by atoms with van der Waals surface area (Å²) in [6, 6.07) is 8.22. The van der Waals surface area contributed by atoms with Gasteiger partial charge in [-0.25, -0.2) is 4.98 Å². The summed E-state index contributed by atoms with van der Waals surface area (Å²) in [5, 5.41) is 3.38. The number of aromatic nitrogens is 2. The van der Waals surface area contributed by atoms with Crippen LogP contribution in [0.2, 0.25) is 0 Å². The number of hydrogen-bond acceptors (Lipinski definition) is 4. The number of rotatable bonds is 2. The van der Waals surface area contributed by atoms with Crippen LogP contribution in [-0.4, -0.2) is 28.7 Å². The van der Waals surface area contributed by atoms with Crippen molar-refractivity contribution >= 4 is 16.9 Å². The highest BCUT2D eigenvalue weighted by Gasteiger charge is 2.24. The maximum Gasteiger partial charge on any atom is 0.145 e. The molecule has 17 heavy (non-hydrogen) atoms. The number of hydrogen-bond donors (Lipinski definition) is 1. The molecule has 0 bridgehead atoms. The van der Waals surface area contributed by atoms with E-state index in [1.54, 1.807) is 6.20 Å². The Bertz CT molecular complexity index is 529. The van der Waals surface area contributed by atoms with Gasteiger partial charge < -0.3 is 10.1 Å². The van der Waals surface area contributed by atoms with Crippen molar-refractivity contribution in [2.24, 2.45) is 0 Å². The second-order valence-corrected chi connectivity index (χ2v) is 4.36. The third kappa shape index (κ3) is 2.08. The summed E-state index contributed by atoms with van der Waals surface area (Å²) in [4.78, 5) is 8.93. The summed E-state index contributed by atoms with van der Waals surface area (Å²) in [6.45, 7) is 2.90. The Kier molecular flexibility index (Phi) is 2.65. The summed E-state index contributed by atoms with van der Waals surface area (Å²) in [5.41, 5.74) is 1.85. The van der Waals surface area contributed by atoms with Gasteiger partial charge in [-0.2, -0.15) is 0 Å². The lowest BCUT2D eigenvalue weighted by molar-refractivity contribution is 0.121. The molecule has 2 unspecified atom stereocenters. The maximum atomic E-state index is 5.51. The van der Waals surface area contributed by atoms with Gasteiger partial charge in [0.05, 0.1) is 29.4 Å². The van der Waals surface area contributed by atoms with E-state index in [-0.39, 0.29) is 6.10 Å². The van der Waals surface area contributed by atoms with Gasteiger partial charge in [0.1, 0.15) is 5.82 Å². The van der Waals surface area contributed by atoms with Gasteiger partial charge in [0, 0.05) is 6.61 Å². The molecule has 0 radical (unpaired) electrons. The van der Waals surface area contributed by atoms with Crippen molar-refractivity contribution in [3.8, 4) is 0 Å². The van der Waals surface area contributed by atoms with E-state index < -0.39 is 0 Å². The number of nitrogens with one attached hydrogen (secondary N) is 1. The minimum atomic E-state index is 0.239. The second kappa shape index (κ2) is 4.30. The molecule has 0 saturated carbocycles. The molecule has 2 atom stereocenters. The zero-order valence-electron chi connectivity index (χ0n) is 9.76. The Morgan fingerprint density at radius 2 is 2.12 bits per heavy atom. The molecule has 1 fully saturated rings. The van der Waals surface area contributed by atoms with E-state index >= 15 is 0 Å². The summed E-state index contributed by atoms with van der Waals surface area (Å²) >= 11 is 0. The van der Waals surface area contributed by atoms with E-state index in [0.29, 0.717) is 6.04 Å². The largest absolute Gasteiger partial charge is 0.376 e. The molecule has 0 aliphatic carbocycles. The fraction of sp³-hybridized carbons (Fsp3) is 0.385. The maximum absolute atomic E-state index is 5.51. The van der Waals surface area contributed by atoms with Gasteiger partial charge in [0.2, 0.25) is 0 Å². The van der Waals surface area contributed by atoms with Gasteiger partial charge in [0.25, 0.3) is 0 Å². The Hall–Kier alpha value is -1.68. The quantitative estimate of drug-likeness (QED) is 0.857. The van der Waals surface area contributed by atoms with Gasteiger partial charge in [-0.15, -0.1) is 0 Å². The van der Waals surface area contributed by atoms with Crippen LogP contribution in [0.1, 0.15) is 13.3 Å². The van der Waals surface area contributed by atoms with Crippen molar-refractivity contribution in [2.45, 2.75) is 25.5 Å². The Labute approximate surface area is 100 Å². The highest BCUT2D eigenvalue weighted by molar-refractivity contribution is 5.75. The van der Waals surface area contributed by atoms with Crippen LogP contribution in [-0.2, 0) is 4.74 Å². The lowest BCUT2D eigenvalue weighted by Gasteiger charge is -2.16. The molecule has 1 aliphatic heterocycles. The van der Waals surface area contributed by atoms with E-state index in [9.17, 15) is 0 Å². The summed E-state index contributed by atoms with van der Waals surface area (Å²) in [7, 11) is 0. The molecule has 0 spiro atoms. The van der Waals surface area contributed by atoms with Crippen molar-refractivity contribution in [3.05, 3.63) is 30.5 Å². The van der Waals surface area contributed by atoms with Crippen molar-refractivity contribution < 1.29 is 4.74 Å². The summed E-state index contributed by atoms with van der Waals surface area (Å²) in [5.74, 6) is 0.825. The van der Waals surface area contributed by atoms with Crippen LogP contribution in [0.5, 0.6) is 0 Å². The molecule has 2 aromatic rings. The van der Waals surface area contributed by atoms with Crippen LogP contribution in [0.4, 0.5) is 5.82 Å². The van der Waals surface area contributed by atoms with Crippen LogP contribution in [0.15, 0.2) is 30.5 Å². The molecule has 1 aliphatic rings. The van der Waals surface area contributed by atoms with Gasteiger partial charge in [-0.1, -0.05) is 12.1 Å². The first-order valence-electron chi connectivity index (χ1n) is 5.93. The normalized spacial score (nSPS) is 24.1. The Morgan fingerprint density at radius 1 is 1.29 bits per heavy atom. The van der Waals surface area contributed by atoms with Crippen molar-refractivity contribution in [1.29, 1.82) is 0 Å². The van der Waals surface area contributed by atoms with Crippen LogP contribution >= 0.6 is 0 Å². The third-order valence-electron chi connectivity index (χ3n) is 3.16. The first kappa shape index (κ1) is 10.5. The van der Waals surface area contributed by atoms with Gasteiger partial charge >= 0.3 is 0 Å². The lowest BCUT2D eigenvalue weighted by Crippen LogP contribution is -2.27. The topological polar surface area (TPSA) is 47.0 Å². The molecule has 4 nitrogen and oxygen atoms in total. The first-order valence-corrected chi connectivity index (χ1v) is 5.93. The molecule has 88 valence electrons. The van der Waals surface area contributed by atoms with Crippen molar-refractivity contribution in [2.75, 3.05) is 11.9 Å². The molecular formula is C13H15N3O. The highest BCUT2D eigenvalue weighted by Crippen LogP contribution is 2.18. The second-order valence-electron chi connectivity index (χ2n) is 4.36. The smallest absolute Gasteiger partial charge is 0.145 e. The molecule has 3 rings (SSSR count). The van der Waals surface area contributed by atoms with Gasteiger partial charge in [-0.05, 0) is 25.5 Å². The number of para-hydroxylation sites is 2. The fourth-order valence-electron chi connectivity index (χ4n) is 2.14. The number of benzene rings is 1. The highest BCUT2D eigenvalue weighted by atomic mass is 16.5. The zero-order valence-corrected chi connectivity index (χ0v) is 9.76. The van der Waals surface area contributed by atoms with E-state index in [1.807, 2.05) is 24.3 Å². The lowest BCUT2D eigenvalue weighted by atomic mass is 10.1. The third-order valence-corrected chi connectivity index (χ3v) is 3.16. The number of fused-ring (bicyclic) bond motifs is 1. The molecule has 0 amide bonds. The Morgan fingerprint density at radius 3 is 2.88 bits per heavy atom. The molecule has 2 heterocycles. The molecule has 1 aromatic heterocycles. The Balaban J connectivity index is 1.85. The standard InChI is InChI=1S/C13H15N3O/c1-9-10(6-7-17-9)15-13-8-14-11-4-2-3-5-12(11)16-13/h2-5,8-10H,6-7H2,1H3,(H,15,16). The van der Waals surface area contributed by atoms with Gasteiger partial charge in [-0.3, -0.25) is 4.98 Å². The minimum absolute atomic E-state index is 0.239. The van der Waals surface area contributed by atoms with E-state index in [4.69, 9.17) is 4.74 Å². The number of anilines is 1. The molecular weight excluding hydrogens is 214 g/mol. The summed E-state index contributed by atoms with van der Waals surface area (Å²) in [6.07, 6.45) is 3.05. The average Bonchev–Trinajstić information content (AvgIpc) is 2.75. The molecule has 4 heteroatoms. The first-order chi connectivity index (χ1) is 8.33. The summed E-state index contributed by atoms with van der Waals surface area (Å²) < 4.78 is 5.51. The van der Waals surface area contributed by atoms with Crippen LogP contribution in [0.3, 0.4) is 0 Å². The van der Waals surface area contributed by atoms with E-state index in [1.165, 1.54) is 0 Å². The molecule has 1 aromatic carbocycles. The van der Waals surface area contributed by atoms with Crippen molar-refractivity contribution in [1.82, 2.24) is 9.97 Å². The van der Waals surface area contributed by atoms with Gasteiger partial charge in [0.15, 0.2) is 0 Å². The number of ether oxygens (including phenoxy) is 1. The molecule has 1 N–H and O–H groups in total. The minimum Gasteiger partial charge on any atom is -0.376 e. The fourth-order valence-corrected chi connectivity index (χ4v) is 2.14. The zero-order chi connectivity index (χ0) is 11.7. The van der Waals surface area contributed by atoms with Crippen molar-refractivity contribution in [3.63, 3.8) is 0 Å². The van der Waals surface area contributed by atoms with Crippen LogP contribution in [0, 0.1) is 0 Å². The predicted molar refractivity (Wildman–Crippen MR) is 67.0 cm³/mol. The molecule has 1 saturated heterocycles. The predicted octanol–water partition coefficient (Wildman–Crippen LogP) is 2.22. The average molecular weight is 229 g/mol. The number of nitrogens with zero attached hydrogens (tertiary/aromatic N) is 2. The SMILES string of the molecule is CC1OCCC1Nc1cnc2ccccc2n1. The van der Waals surface area contributed by atoms with Crippen LogP contribution < -0.4 is 5.32 Å². The van der Waals surface area contributed by atoms with E-state index in [0.717, 1.165) is 29.9 Å². The van der Waals surface area contributed by atoms with Crippen LogP contribution in [0.25, 0.3) is 11.0 Å².